The Kier molecular flexibility index (Phi) is 6.35. The van der Waals surface area contributed by atoms with Gasteiger partial charge in [0.25, 0.3) is 0 Å². The quantitative estimate of drug-likeness (QED) is 0.320. The summed E-state index contributed by atoms with van der Waals surface area (Å²) >= 11 is 1.41. The van der Waals surface area contributed by atoms with E-state index in [4.69, 9.17) is 0 Å². The maximum Gasteiger partial charge on any atom is 0.232 e. The lowest BCUT2D eigenvalue weighted by atomic mass is 9.90. The summed E-state index contributed by atoms with van der Waals surface area (Å²) in [5.74, 6) is 1.13. The minimum atomic E-state index is 0.149. The molecule has 4 aromatic rings. The average molecular weight is 459 g/mol. The Hall–Kier alpha value is -3.26. The van der Waals surface area contributed by atoms with Gasteiger partial charge in [0.15, 0.2) is 11.2 Å². The third kappa shape index (κ3) is 4.90. The molecule has 5 rings (SSSR count). The van der Waals surface area contributed by atoms with Crippen LogP contribution in [0, 0.1) is 12.8 Å². The largest absolute Gasteiger partial charge is 0.342 e. The molecule has 1 saturated heterocycles. The Morgan fingerprint density at radius 1 is 1.03 bits per heavy atom. The number of hydrogen-bond acceptors (Lipinski definition) is 6. The number of carbonyl (C=O) groups excluding carboxylic acids is 1. The van der Waals surface area contributed by atoms with Crippen LogP contribution in [0.3, 0.4) is 0 Å². The molecule has 1 aliphatic heterocycles. The number of carbonyl (C=O) groups is 1. The van der Waals surface area contributed by atoms with Gasteiger partial charge in [0.2, 0.25) is 5.91 Å². The highest BCUT2D eigenvalue weighted by atomic mass is 32.2. The maximum absolute atomic E-state index is 12.9. The molecule has 0 radical (unpaired) electrons. The first kappa shape index (κ1) is 21.6. The maximum atomic E-state index is 12.9. The van der Waals surface area contributed by atoms with Gasteiger partial charge >= 0.3 is 0 Å². The first-order valence-electron chi connectivity index (χ1n) is 11.3. The molecule has 33 heavy (non-hydrogen) atoms. The predicted molar refractivity (Wildman–Crippen MR) is 129 cm³/mol. The SMILES string of the molecule is Cc1ccc(-n2nnc3c(SCC(=O)N4CCC(Cc5ccccc5)CC4)ncnc32)cc1. The number of benzene rings is 2. The van der Waals surface area contributed by atoms with Crippen molar-refractivity contribution >= 4 is 28.8 Å². The molecule has 2 aromatic heterocycles. The Bertz CT molecular complexity index is 1230. The number of rotatable bonds is 6. The third-order valence-corrected chi connectivity index (χ3v) is 7.11. The van der Waals surface area contributed by atoms with Crippen LogP contribution in [0.4, 0.5) is 0 Å². The van der Waals surface area contributed by atoms with Crippen LogP contribution >= 0.6 is 11.8 Å². The van der Waals surface area contributed by atoms with Crippen LogP contribution in [0.5, 0.6) is 0 Å². The van der Waals surface area contributed by atoms with E-state index in [0.29, 0.717) is 27.9 Å². The van der Waals surface area contributed by atoms with Gasteiger partial charge in [-0.25, -0.2) is 9.97 Å². The summed E-state index contributed by atoms with van der Waals surface area (Å²) in [4.78, 5) is 23.6. The highest BCUT2D eigenvalue weighted by molar-refractivity contribution is 8.00. The van der Waals surface area contributed by atoms with E-state index in [1.807, 2.05) is 36.1 Å². The summed E-state index contributed by atoms with van der Waals surface area (Å²) < 4.78 is 1.71. The van der Waals surface area contributed by atoms with E-state index in [0.717, 1.165) is 38.0 Å². The van der Waals surface area contributed by atoms with Gasteiger partial charge in [-0.3, -0.25) is 4.79 Å². The molecule has 0 aliphatic carbocycles. The van der Waals surface area contributed by atoms with Crippen molar-refractivity contribution in [2.24, 2.45) is 5.92 Å². The van der Waals surface area contributed by atoms with E-state index in [9.17, 15) is 4.79 Å². The molecule has 0 unspecified atom stereocenters. The topological polar surface area (TPSA) is 76.8 Å². The highest BCUT2D eigenvalue weighted by Crippen LogP contribution is 2.26. The van der Waals surface area contributed by atoms with Crippen molar-refractivity contribution in [3.05, 3.63) is 72.1 Å². The van der Waals surface area contributed by atoms with Crippen LogP contribution < -0.4 is 0 Å². The summed E-state index contributed by atoms with van der Waals surface area (Å²) in [6.07, 6.45) is 4.70. The van der Waals surface area contributed by atoms with Crippen LogP contribution in [0.1, 0.15) is 24.0 Å². The average Bonchev–Trinajstić information content (AvgIpc) is 3.29. The molecule has 7 nitrogen and oxygen atoms in total. The lowest BCUT2D eigenvalue weighted by molar-refractivity contribution is -0.129. The van der Waals surface area contributed by atoms with Crippen LogP contribution in [-0.2, 0) is 11.2 Å². The van der Waals surface area contributed by atoms with E-state index in [-0.39, 0.29) is 5.91 Å². The van der Waals surface area contributed by atoms with Crippen LogP contribution in [-0.4, -0.2) is 54.6 Å². The monoisotopic (exact) mass is 458 g/mol. The van der Waals surface area contributed by atoms with Crippen LogP contribution in [0.15, 0.2) is 66.0 Å². The van der Waals surface area contributed by atoms with Crippen molar-refractivity contribution in [2.45, 2.75) is 31.2 Å². The molecule has 0 spiro atoms. The van der Waals surface area contributed by atoms with Gasteiger partial charge in [0.05, 0.1) is 11.4 Å². The van der Waals surface area contributed by atoms with Crippen LogP contribution in [0.2, 0.25) is 0 Å². The van der Waals surface area contributed by atoms with Crippen LogP contribution in [0.25, 0.3) is 16.9 Å². The summed E-state index contributed by atoms with van der Waals surface area (Å²) in [7, 11) is 0. The summed E-state index contributed by atoms with van der Waals surface area (Å²) in [5.41, 5.74) is 4.72. The second-order valence-electron chi connectivity index (χ2n) is 8.49. The second kappa shape index (κ2) is 9.70. The van der Waals surface area contributed by atoms with Crippen molar-refractivity contribution in [1.82, 2.24) is 29.9 Å². The number of hydrogen-bond donors (Lipinski definition) is 0. The number of thioether (sulfide) groups is 1. The normalized spacial score (nSPS) is 14.6. The van der Waals surface area contributed by atoms with Gasteiger partial charge in [-0.2, -0.15) is 4.68 Å². The zero-order valence-electron chi connectivity index (χ0n) is 18.6. The number of amides is 1. The van der Waals surface area contributed by atoms with E-state index < -0.39 is 0 Å². The number of fused-ring (bicyclic) bond motifs is 1. The Morgan fingerprint density at radius 3 is 2.55 bits per heavy atom. The van der Waals surface area contributed by atoms with Crippen molar-refractivity contribution in [1.29, 1.82) is 0 Å². The standard InChI is InChI=1S/C25H26N6OS/c1-18-7-9-21(10-8-18)31-24-23(28-29-31)25(27-17-26-24)33-16-22(32)30-13-11-20(12-14-30)15-19-5-3-2-4-6-19/h2-10,17,20H,11-16H2,1H3. The number of aromatic nitrogens is 5. The molecule has 1 fully saturated rings. The van der Waals surface area contributed by atoms with Gasteiger partial charge in [-0.1, -0.05) is 65.0 Å². The molecule has 2 aromatic carbocycles. The van der Waals surface area contributed by atoms with Gasteiger partial charge in [0.1, 0.15) is 11.4 Å². The zero-order valence-corrected chi connectivity index (χ0v) is 19.4. The third-order valence-electron chi connectivity index (χ3n) is 6.15. The van der Waals surface area contributed by atoms with E-state index in [1.165, 1.54) is 29.2 Å². The molecule has 0 bridgehead atoms. The van der Waals surface area contributed by atoms with Crippen molar-refractivity contribution in [2.75, 3.05) is 18.8 Å². The fourth-order valence-electron chi connectivity index (χ4n) is 4.25. The van der Waals surface area contributed by atoms with Crippen molar-refractivity contribution in [3.8, 4) is 5.69 Å². The van der Waals surface area contributed by atoms with Gasteiger partial charge in [-0.15, -0.1) is 5.10 Å². The van der Waals surface area contributed by atoms with Crippen molar-refractivity contribution in [3.63, 3.8) is 0 Å². The summed E-state index contributed by atoms with van der Waals surface area (Å²) in [6.45, 7) is 3.68. The minimum Gasteiger partial charge on any atom is -0.342 e. The smallest absolute Gasteiger partial charge is 0.232 e. The minimum absolute atomic E-state index is 0.149. The Balaban J connectivity index is 1.20. The summed E-state index contributed by atoms with van der Waals surface area (Å²) in [6, 6.07) is 18.6. The van der Waals surface area contributed by atoms with Gasteiger partial charge < -0.3 is 4.90 Å². The molecule has 0 atom stereocenters. The first-order chi connectivity index (χ1) is 16.2. The predicted octanol–water partition coefficient (Wildman–Crippen LogP) is 4.09. The molecular formula is C25H26N6OS. The van der Waals surface area contributed by atoms with E-state index in [2.05, 4.69) is 50.6 Å². The highest BCUT2D eigenvalue weighted by Gasteiger charge is 2.23. The van der Waals surface area contributed by atoms with E-state index >= 15 is 0 Å². The number of likely N-dealkylation sites (tertiary alicyclic amines) is 1. The fourth-order valence-corrected chi connectivity index (χ4v) is 5.08. The molecule has 1 aliphatic rings. The molecular weight excluding hydrogens is 432 g/mol. The fraction of sp³-hybridized carbons (Fsp3) is 0.320. The molecule has 3 heterocycles. The number of piperidine rings is 1. The molecule has 8 heteroatoms. The van der Waals surface area contributed by atoms with Gasteiger partial charge in [-0.05, 0) is 49.8 Å². The first-order valence-corrected chi connectivity index (χ1v) is 12.2. The second-order valence-corrected chi connectivity index (χ2v) is 9.45. The lowest BCUT2D eigenvalue weighted by Crippen LogP contribution is -2.39. The van der Waals surface area contributed by atoms with Gasteiger partial charge in [0, 0.05) is 13.1 Å². The molecule has 168 valence electrons. The number of aryl methyl sites for hydroxylation is 1. The lowest BCUT2D eigenvalue weighted by Gasteiger charge is -2.32. The Morgan fingerprint density at radius 2 is 1.79 bits per heavy atom. The summed E-state index contributed by atoms with van der Waals surface area (Å²) in [5, 5.41) is 9.26. The van der Waals surface area contributed by atoms with Crippen molar-refractivity contribution < 1.29 is 4.79 Å². The molecule has 1 amide bonds. The molecule has 0 N–H and O–H groups in total. The Labute approximate surface area is 197 Å². The number of nitrogens with zero attached hydrogens (tertiary/aromatic N) is 6. The molecule has 0 saturated carbocycles. The zero-order chi connectivity index (χ0) is 22.6. The van der Waals surface area contributed by atoms with E-state index in [1.54, 1.807) is 4.68 Å².